The molecule has 0 N–H and O–H groups in total. The summed E-state index contributed by atoms with van der Waals surface area (Å²) in [6, 6.07) is 11.2. The fourth-order valence-corrected chi connectivity index (χ4v) is 4.46. The van der Waals surface area contributed by atoms with E-state index in [2.05, 4.69) is 31.0 Å². The van der Waals surface area contributed by atoms with Crippen molar-refractivity contribution in [2.75, 3.05) is 11.4 Å². The number of anilines is 1. The van der Waals surface area contributed by atoms with E-state index < -0.39 is 0 Å². The molecule has 0 aliphatic rings. The second-order valence-corrected chi connectivity index (χ2v) is 8.42. The monoisotopic (exact) mass is 424 g/mol. The number of nitrogens with zero attached hydrogens (tertiary/aromatic N) is 4. The number of thiazole rings is 1. The Hall–Kier alpha value is -2.70. The first-order valence-corrected chi connectivity index (χ1v) is 10.6. The Morgan fingerprint density at radius 1 is 1.24 bits per heavy atom. The molecule has 2 aromatic carbocycles. The second-order valence-electron chi connectivity index (χ2n) is 6.97. The molecule has 0 saturated heterocycles. The molecule has 0 fully saturated rings. The summed E-state index contributed by atoms with van der Waals surface area (Å²) >= 11 is 7.67. The van der Waals surface area contributed by atoms with E-state index in [-0.39, 0.29) is 5.91 Å². The number of fused-ring (bicyclic) bond motifs is 1. The summed E-state index contributed by atoms with van der Waals surface area (Å²) < 4.78 is 3.09. The van der Waals surface area contributed by atoms with E-state index in [0.29, 0.717) is 22.3 Å². The van der Waals surface area contributed by atoms with Gasteiger partial charge in [-0.2, -0.15) is 0 Å². The van der Waals surface area contributed by atoms with Crippen molar-refractivity contribution < 1.29 is 4.79 Å². The van der Waals surface area contributed by atoms with Crippen molar-refractivity contribution in [3.8, 4) is 0 Å². The number of aryl methyl sites for hydroxylation is 3. The van der Waals surface area contributed by atoms with Crippen molar-refractivity contribution >= 4 is 44.2 Å². The third-order valence-corrected chi connectivity index (χ3v) is 6.26. The van der Waals surface area contributed by atoms with Gasteiger partial charge in [0.25, 0.3) is 5.91 Å². The van der Waals surface area contributed by atoms with Crippen LogP contribution < -0.4 is 4.90 Å². The Morgan fingerprint density at radius 3 is 2.86 bits per heavy atom. The summed E-state index contributed by atoms with van der Waals surface area (Å²) in [4.78, 5) is 24.0. The summed E-state index contributed by atoms with van der Waals surface area (Å²) in [6.45, 7) is 5.49. The Kier molecular flexibility index (Phi) is 5.65. The molecule has 0 aliphatic carbocycles. The van der Waals surface area contributed by atoms with Crippen LogP contribution in [0.1, 0.15) is 27.9 Å². The molecule has 2 heterocycles. The van der Waals surface area contributed by atoms with E-state index in [0.717, 1.165) is 28.7 Å². The average Bonchev–Trinajstić information content (AvgIpc) is 3.38. The molecule has 0 spiro atoms. The molecular formula is C22H21ClN4OS. The van der Waals surface area contributed by atoms with Gasteiger partial charge in [0.15, 0.2) is 5.13 Å². The highest BCUT2D eigenvalue weighted by Gasteiger charge is 2.22. The normalized spacial score (nSPS) is 11.1. The van der Waals surface area contributed by atoms with E-state index in [1.807, 2.05) is 10.8 Å². The molecule has 0 radical (unpaired) electrons. The molecule has 5 nitrogen and oxygen atoms in total. The van der Waals surface area contributed by atoms with Gasteiger partial charge < -0.3 is 4.57 Å². The van der Waals surface area contributed by atoms with Crippen molar-refractivity contribution in [3.05, 3.63) is 76.8 Å². The molecular weight excluding hydrogens is 404 g/mol. The predicted molar refractivity (Wildman–Crippen MR) is 119 cm³/mol. The van der Waals surface area contributed by atoms with Crippen LogP contribution in [0.2, 0.25) is 5.02 Å². The zero-order valence-electron chi connectivity index (χ0n) is 16.3. The van der Waals surface area contributed by atoms with Gasteiger partial charge in [-0.3, -0.25) is 9.69 Å². The molecule has 29 heavy (non-hydrogen) atoms. The number of imidazole rings is 1. The van der Waals surface area contributed by atoms with Crippen LogP contribution >= 0.6 is 22.9 Å². The van der Waals surface area contributed by atoms with Gasteiger partial charge >= 0.3 is 0 Å². The molecule has 0 aliphatic heterocycles. The Morgan fingerprint density at radius 2 is 2.10 bits per heavy atom. The first-order chi connectivity index (χ1) is 14.0. The highest BCUT2D eigenvalue weighted by Crippen LogP contribution is 2.33. The van der Waals surface area contributed by atoms with Gasteiger partial charge in [0.1, 0.15) is 0 Å². The van der Waals surface area contributed by atoms with Gasteiger partial charge in [-0.15, -0.1) is 0 Å². The van der Waals surface area contributed by atoms with E-state index >= 15 is 0 Å². The number of carbonyl (C=O) groups is 1. The zero-order valence-corrected chi connectivity index (χ0v) is 17.9. The van der Waals surface area contributed by atoms with Gasteiger partial charge in [0.2, 0.25) is 0 Å². The number of hydrogen-bond donors (Lipinski definition) is 0. The lowest BCUT2D eigenvalue weighted by molar-refractivity contribution is 0.0986. The number of hydrogen-bond acceptors (Lipinski definition) is 4. The largest absolute Gasteiger partial charge is 0.337 e. The standard InChI is InChI=1S/C22H21ClN4OS/c1-15-7-8-19-20(16(15)2)25-22(29-19)27(11-4-10-26-12-9-24-14-26)21(28)17-5-3-6-18(23)13-17/h3,5-9,12-14H,4,10-11H2,1-2H3. The minimum Gasteiger partial charge on any atom is -0.337 e. The minimum atomic E-state index is -0.0911. The lowest BCUT2D eigenvalue weighted by Crippen LogP contribution is -2.32. The van der Waals surface area contributed by atoms with Crippen LogP contribution in [0, 0.1) is 13.8 Å². The second kappa shape index (κ2) is 8.35. The van der Waals surface area contributed by atoms with Crippen LogP contribution in [0.5, 0.6) is 0 Å². The van der Waals surface area contributed by atoms with Crippen molar-refractivity contribution in [1.29, 1.82) is 0 Å². The number of rotatable bonds is 6. The first-order valence-electron chi connectivity index (χ1n) is 9.43. The van der Waals surface area contributed by atoms with Crippen LogP contribution in [-0.4, -0.2) is 27.0 Å². The molecule has 0 saturated carbocycles. The summed E-state index contributed by atoms with van der Waals surface area (Å²) in [6.07, 6.45) is 6.25. The number of aromatic nitrogens is 3. The molecule has 4 rings (SSSR count). The van der Waals surface area contributed by atoms with Crippen molar-refractivity contribution in [2.24, 2.45) is 0 Å². The van der Waals surface area contributed by atoms with Crippen molar-refractivity contribution in [3.63, 3.8) is 0 Å². The molecule has 4 aromatic rings. The van der Waals surface area contributed by atoms with Crippen LogP contribution in [0.3, 0.4) is 0 Å². The number of carbonyl (C=O) groups excluding carboxylic acids is 1. The molecule has 0 unspecified atom stereocenters. The summed E-state index contributed by atoms with van der Waals surface area (Å²) in [5.41, 5.74) is 3.87. The third kappa shape index (κ3) is 4.18. The third-order valence-electron chi connectivity index (χ3n) is 4.98. The fraction of sp³-hybridized carbons (Fsp3) is 0.227. The van der Waals surface area contributed by atoms with Crippen LogP contribution in [-0.2, 0) is 6.54 Å². The summed E-state index contributed by atoms with van der Waals surface area (Å²) in [7, 11) is 0. The lowest BCUT2D eigenvalue weighted by atomic mass is 10.1. The van der Waals surface area contributed by atoms with E-state index in [4.69, 9.17) is 16.6 Å². The fourth-order valence-electron chi connectivity index (χ4n) is 3.22. The van der Waals surface area contributed by atoms with Crippen molar-refractivity contribution in [1.82, 2.24) is 14.5 Å². The molecule has 1 amide bonds. The molecule has 2 aromatic heterocycles. The Labute approximate surface area is 178 Å². The highest BCUT2D eigenvalue weighted by atomic mass is 35.5. The average molecular weight is 425 g/mol. The minimum absolute atomic E-state index is 0.0911. The van der Waals surface area contributed by atoms with Crippen molar-refractivity contribution in [2.45, 2.75) is 26.8 Å². The summed E-state index contributed by atoms with van der Waals surface area (Å²) in [5.74, 6) is -0.0911. The Bertz CT molecular complexity index is 1150. The van der Waals surface area contributed by atoms with Gasteiger partial charge in [-0.25, -0.2) is 9.97 Å². The predicted octanol–water partition coefficient (Wildman–Crippen LogP) is 5.50. The van der Waals surface area contributed by atoms with E-state index in [1.165, 1.54) is 5.56 Å². The molecule has 0 atom stereocenters. The van der Waals surface area contributed by atoms with Crippen LogP contribution in [0.4, 0.5) is 5.13 Å². The Balaban J connectivity index is 1.67. The first kappa shape index (κ1) is 19.6. The van der Waals surface area contributed by atoms with Crippen LogP contribution in [0.15, 0.2) is 55.1 Å². The van der Waals surface area contributed by atoms with Gasteiger partial charge in [-0.1, -0.05) is 35.1 Å². The molecule has 0 bridgehead atoms. The molecule has 148 valence electrons. The number of benzene rings is 2. The maximum Gasteiger partial charge on any atom is 0.260 e. The zero-order chi connectivity index (χ0) is 20.4. The summed E-state index contributed by atoms with van der Waals surface area (Å²) in [5, 5.41) is 1.26. The van der Waals surface area contributed by atoms with E-state index in [1.54, 1.807) is 53.0 Å². The smallest absolute Gasteiger partial charge is 0.260 e. The lowest BCUT2D eigenvalue weighted by Gasteiger charge is -2.20. The topological polar surface area (TPSA) is 51.0 Å². The highest BCUT2D eigenvalue weighted by molar-refractivity contribution is 7.22. The number of halogens is 1. The van der Waals surface area contributed by atoms with Crippen LogP contribution in [0.25, 0.3) is 10.2 Å². The van der Waals surface area contributed by atoms with Gasteiger partial charge in [0.05, 0.1) is 16.5 Å². The van der Waals surface area contributed by atoms with Gasteiger partial charge in [-0.05, 0) is 55.7 Å². The quantitative estimate of drug-likeness (QED) is 0.410. The van der Waals surface area contributed by atoms with E-state index in [9.17, 15) is 4.79 Å². The van der Waals surface area contributed by atoms with Gasteiger partial charge in [0, 0.05) is 36.1 Å². The molecule has 7 heteroatoms. The maximum atomic E-state index is 13.3. The maximum absolute atomic E-state index is 13.3. The SMILES string of the molecule is Cc1ccc2sc(N(CCCn3ccnc3)C(=O)c3cccc(Cl)c3)nc2c1C. The number of amides is 1.